The summed E-state index contributed by atoms with van der Waals surface area (Å²) in [5.41, 5.74) is 0. The van der Waals surface area contributed by atoms with Crippen molar-refractivity contribution >= 4 is 33.2 Å². The molecular weight excluding hydrogens is 282 g/mol. The molecule has 3 rings (SSSR count). The van der Waals surface area contributed by atoms with Crippen LogP contribution in [0, 0.1) is 0 Å². The van der Waals surface area contributed by atoms with Gasteiger partial charge in [-0.15, -0.1) is 11.3 Å². The Morgan fingerprint density at radius 2 is 2.11 bits per heavy atom. The smallest absolute Gasteiger partial charge is 0.227 e. The number of rotatable bonds is 4. The summed E-state index contributed by atoms with van der Waals surface area (Å²) in [5, 5.41) is 3.18. The molecule has 2 aromatic rings. The fourth-order valence-electron chi connectivity index (χ4n) is 2.37. The van der Waals surface area contributed by atoms with Gasteiger partial charge in [-0.3, -0.25) is 4.90 Å². The van der Waals surface area contributed by atoms with Crippen molar-refractivity contribution < 1.29 is 4.74 Å². The molecule has 0 radical (unpaired) electrons. The van der Waals surface area contributed by atoms with Crippen LogP contribution in [0.2, 0.25) is 5.28 Å². The van der Waals surface area contributed by atoms with E-state index in [4.69, 9.17) is 16.3 Å². The first kappa shape index (κ1) is 13.1. The number of halogens is 1. The second kappa shape index (κ2) is 6.03. The number of thiophene rings is 1. The van der Waals surface area contributed by atoms with Gasteiger partial charge in [0.1, 0.15) is 11.4 Å². The second-order valence-electron chi connectivity index (χ2n) is 4.69. The van der Waals surface area contributed by atoms with Crippen molar-refractivity contribution in [2.75, 3.05) is 26.2 Å². The molecular formula is C13H16ClN3OS. The summed E-state index contributed by atoms with van der Waals surface area (Å²) in [6.07, 6.45) is 3.95. The Bertz CT molecular complexity index is 554. The number of fused-ring (bicyclic) bond motifs is 1. The zero-order valence-electron chi connectivity index (χ0n) is 10.6. The Kier molecular flexibility index (Phi) is 4.15. The number of likely N-dealkylation sites (tertiary alicyclic amines) is 1. The Morgan fingerprint density at radius 1 is 1.26 bits per heavy atom. The fourth-order valence-corrected chi connectivity index (χ4v) is 3.33. The summed E-state index contributed by atoms with van der Waals surface area (Å²) in [5.74, 6) is 0.605. The third kappa shape index (κ3) is 3.16. The fraction of sp³-hybridized carbons (Fsp3) is 0.538. The van der Waals surface area contributed by atoms with Crippen molar-refractivity contribution in [2.45, 2.75) is 19.3 Å². The summed E-state index contributed by atoms with van der Waals surface area (Å²) >= 11 is 7.45. The molecule has 0 amide bonds. The van der Waals surface area contributed by atoms with Crippen molar-refractivity contribution in [3.63, 3.8) is 0 Å². The summed E-state index contributed by atoms with van der Waals surface area (Å²) < 4.78 is 5.79. The lowest BCUT2D eigenvalue weighted by atomic mass is 10.1. The van der Waals surface area contributed by atoms with Crippen LogP contribution in [-0.2, 0) is 0 Å². The minimum Gasteiger partial charge on any atom is -0.476 e. The number of ether oxygens (including phenoxy) is 1. The predicted octanol–water partition coefficient (Wildman–Crippen LogP) is 3.21. The summed E-state index contributed by atoms with van der Waals surface area (Å²) in [4.78, 5) is 11.7. The third-order valence-electron chi connectivity index (χ3n) is 3.36. The quantitative estimate of drug-likeness (QED) is 0.812. The maximum atomic E-state index is 5.90. The lowest BCUT2D eigenvalue weighted by Gasteiger charge is -2.26. The van der Waals surface area contributed by atoms with Crippen molar-refractivity contribution in [3.05, 3.63) is 16.7 Å². The molecule has 1 saturated heterocycles. The van der Waals surface area contributed by atoms with E-state index in [1.54, 1.807) is 11.3 Å². The van der Waals surface area contributed by atoms with Crippen LogP contribution in [0.5, 0.6) is 5.88 Å². The van der Waals surface area contributed by atoms with Gasteiger partial charge in [0, 0.05) is 6.54 Å². The second-order valence-corrected chi connectivity index (χ2v) is 5.92. The van der Waals surface area contributed by atoms with E-state index in [0.717, 1.165) is 16.8 Å². The number of hydrogen-bond donors (Lipinski definition) is 0. The highest BCUT2D eigenvalue weighted by atomic mass is 35.5. The van der Waals surface area contributed by atoms with E-state index in [1.807, 2.05) is 11.4 Å². The third-order valence-corrected chi connectivity index (χ3v) is 4.33. The minimum atomic E-state index is 0.253. The van der Waals surface area contributed by atoms with Crippen LogP contribution in [-0.4, -0.2) is 41.1 Å². The Morgan fingerprint density at radius 3 is 2.95 bits per heavy atom. The summed E-state index contributed by atoms with van der Waals surface area (Å²) in [6, 6.07) is 1.98. The lowest BCUT2D eigenvalue weighted by molar-refractivity contribution is 0.181. The SMILES string of the molecule is Clc1nc(OCCN2CCCCC2)c2ccsc2n1. The van der Waals surface area contributed by atoms with Crippen LogP contribution in [0.25, 0.3) is 10.2 Å². The predicted molar refractivity (Wildman–Crippen MR) is 78.2 cm³/mol. The van der Waals surface area contributed by atoms with E-state index in [1.165, 1.54) is 32.4 Å². The largest absolute Gasteiger partial charge is 0.476 e. The molecule has 0 N–H and O–H groups in total. The van der Waals surface area contributed by atoms with Crippen molar-refractivity contribution in [2.24, 2.45) is 0 Å². The molecule has 1 aliphatic heterocycles. The van der Waals surface area contributed by atoms with Gasteiger partial charge in [0.2, 0.25) is 11.2 Å². The van der Waals surface area contributed by atoms with Crippen LogP contribution >= 0.6 is 22.9 Å². The van der Waals surface area contributed by atoms with Crippen LogP contribution in [0.15, 0.2) is 11.4 Å². The first-order valence-corrected chi connectivity index (χ1v) is 7.84. The van der Waals surface area contributed by atoms with Gasteiger partial charge >= 0.3 is 0 Å². The van der Waals surface area contributed by atoms with Crippen molar-refractivity contribution in [1.29, 1.82) is 0 Å². The normalized spacial score (nSPS) is 16.9. The molecule has 0 aliphatic carbocycles. The Hall–Kier alpha value is -0.910. The molecule has 4 nitrogen and oxygen atoms in total. The van der Waals surface area contributed by atoms with Crippen LogP contribution < -0.4 is 4.74 Å². The molecule has 0 atom stereocenters. The zero-order chi connectivity index (χ0) is 13.1. The topological polar surface area (TPSA) is 38.2 Å². The molecule has 3 heterocycles. The van der Waals surface area contributed by atoms with E-state index >= 15 is 0 Å². The molecule has 19 heavy (non-hydrogen) atoms. The number of nitrogens with zero attached hydrogens (tertiary/aromatic N) is 3. The highest BCUT2D eigenvalue weighted by Crippen LogP contribution is 2.27. The summed E-state index contributed by atoms with van der Waals surface area (Å²) in [7, 11) is 0. The molecule has 1 fully saturated rings. The Labute approximate surface area is 121 Å². The monoisotopic (exact) mass is 297 g/mol. The first-order chi connectivity index (χ1) is 9.33. The van der Waals surface area contributed by atoms with Gasteiger partial charge in [-0.05, 0) is 49.0 Å². The highest BCUT2D eigenvalue weighted by Gasteiger charge is 2.12. The molecule has 102 valence electrons. The van der Waals surface area contributed by atoms with Crippen molar-refractivity contribution in [3.8, 4) is 5.88 Å². The maximum absolute atomic E-state index is 5.90. The van der Waals surface area contributed by atoms with E-state index in [2.05, 4.69) is 14.9 Å². The zero-order valence-corrected chi connectivity index (χ0v) is 12.2. The summed E-state index contributed by atoms with van der Waals surface area (Å²) in [6.45, 7) is 3.97. The van der Waals surface area contributed by atoms with Gasteiger partial charge in [-0.25, -0.2) is 4.98 Å². The highest BCUT2D eigenvalue weighted by molar-refractivity contribution is 7.16. The standard InChI is InChI=1S/C13H16ClN3OS/c14-13-15-11(10-4-9-19-12(10)16-13)18-8-7-17-5-2-1-3-6-17/h4,9H,1-3,5-8H2. The molecule has 0 unspecified atom stereocenters. The molecule has 0 saturated carbocycles. The maximum Gasteiger partial charge on any atom is 0.227 e. The first-order valence-electron chi connectivity index (χ1n) is 6.59. The average Bonchev–Trinajstić information content (AvgIpc) is 2.88. The molecule has 1 aliphatic rings. The lowest BCUT2D eigenvalue weighted by Crippen LogP contribution is -2.33. The number of hydrogen-bond acceptors (Lipinski definition) is 5. The van der Waals surface area contributed by atoms with E-state index in [9.17, 15) is 0 Å². The molecule has 6 heteroatoms. The van der Waals surface area contributed by atoms with Gasteiger partial charge in [0.15, 0.2) is 0 Å². The molecule has 0 spiro atoms. The minimum absolute atomic E-state index is 0.253. The Balaban J connectivity index is 1.63. The van der Waals surface area contributed by atoms with Gasteiger partial charge in [0.25, 0.3) is 0 Å². The number of piperidine rings is 1. The van der Waals surface area contributed by atoms with E-state index < -0.39 is 0 Å². The van der Waals surface area contributed by atoms with Gasteiger partial charge in [0.05, 0.1) is 5.39 Å². The van der Waals surface area contributed by atoms with Gasteiger partial charge < -0.3 is 4.74 Å². The van der Waals surface area contributed by atoms with Gasteiger partial charge in [-0.2, -0.15) is 4.98 Å². The van der Waals surface area contributed by atoms with E-state index in [0.29, 0.717) is 12.5 Å². The molecule has 0 aromatic carbocycles. The van der Waals surface area contributed by atoms with Crippen LogP contribution in [0.4, 0.5) is 0 Å². The van der Waals surface area contributed by atoms with Gasteiger partial charge in [-0.1, -0.05) is 6.42 Å². The van der Waals surface area contributed by atoms with Crippen LogP contribution in [0.3, 0.4) is 0 Å². The molecule has 2 aromatic heterocycles. The van der Waals surface area contributed by atoms with Crippen molar-refractivity contribution in [1.82, 2.24) is 14.9 Å². The average molecular weight is 298 g/mol. The number of aromatic nitrogens is 2. The van der Waals surface area contributed by atoms with E-state index in [-0.39, 0.29) is 5.28 Å². The van der Waals surface area contributed by atoms with Crippen LogP contribution in [0.1, 0.15) is 19.3 Å². The molecule has 0 bridgehead atoms.